The molecule has 2 amide bonds. The van der Waals surface area contributed by atoms with E-state index in [9.17, 15) is 9.59 Å². The highest BCUT2D eigenvalue weighted by Gasteiger charge is 2.24. The SMILES string of the molecule is C[C@@H](CC(NCc1ccccc1)OC(=O)N1CCCCC1)NC(=O)c1ccc(Cl)s1. The number of rotatable bonds is 8. The van der Waals surface area contributed by atoms with E-state index in [0.29, 0.717) is 22.2 Å². The summed E-state index contributed by atoms with van der Waals surface area (Å²) in [5, 5.41) is 6.27. The van der Waals surface area contributed by atoms with Crippen molar-refractivity contribution in [2.24, 2.45) is 0 Å². The van der Waals surface area contributed by atoms with Crippen molar-refractivity contribution in [1.29, 1.82) is 0 Å². The molecule has 3 rings (SSSR count). The van der Waals surface area contributed by atoms with Gasteiger partial charge in [0.2, 0.25) is 0 Å². The Kier molecular flexibility index (Phi) is 8.54. The molecule has 0 radical (unpaired) electrons. The summed E-state index contributed by atoms with van der Waals surface area (Å²) in [7, 11) is 0. The molecule has 2 atom stereocenters. The second-order valence-corrected chi connectivity index (χ2v) is 9.22. The van der Waals surface area contributed by atoms with Crippen LogP contribution in [0.1, 0.15) is 47.8 Å². The number of nitrogens with zero attached hydrogens (tertiary/aromatic N) is 1. The van der Waals surface area contributed by atoms with Gasteiger partial charge in [0.1, 0.15) is 0 Å². The van der Waals surface area contributed by atoms with Crippen LogP contribution in [0.5, 0.6) is 0 Å². The van der Waals surface area contributed by atoms with Gasteiger partial charge in [-0.1, -0.05) is 41.9 Å². The average Bonchev–Trinajstić information content (AvgIpc) is 3.20. The van der Waals surface area contributed by atoms with Crippen molar-refractivity contribution in [3.8, 4) is 0 Å². The third-order valence-electron chi connectivity index (χ3n) is 4.98. The van der Waals surface area contributed by atoms with Crippen molar-refractivity contribution in [2.75, 3.05) is 13.1 Å². The number of nitrogens with one attached hydrogen (secondary N) is 2. The minimum absolute atomic E-state index is 0.177. The lowest BCUT2D eigenvalue weighted by molar-refractivity contribution is 0.0341. The van der Waals surface area contributed by atoms with Gasteiger partial charge >= 0.3 is 6.09 Å². The van der Waals surface area contributed by atoms with Gasteiger partial charge in [-0.15, -0.1) is 11.3 Å². The van der Waals surface area contributed by atoms with E-state index in [2.05, 4.69) is 10.6 Å². The first-order valence-corrected chi connectivity index (χ1v) is 11.5. The number of likely N-dealkylation sites (tertiary alicyclic amines) is 1. The number of hydrogen-bond donors (Lipinski definition) is 2. The van der Waals surface area contributed by atoms with Crippen molar-refractivity contribution in [2.45, 2.75) is 51.4 Å². The minimum atomic E-state index is -0.512. The number of carbonyl (C=O) groups is 2. The maximum atomic E-state index is 12.6. The van der Waals surface area contributed by atoms with Crippen LogP contribution in [-0.2, 0) is 11.3 Å². The van der Waals surface area contributed by atoms with Crippen molar-refractivity contribution in [1.82, 2.24) is 15.5 Å². The second-order valence-electron chi connectivity index (χ2n) is 7.50. The number of halogens is 1. The number of benzene rings is 1. The molecule has 1 aromatic heterocycles. The van der Waals surface area contributed by atoms with Crippen LogP contribution in [-0.4, -0.2) is 42.3 Å². The molecule has 0 saturated carbocycles. The Morgan fingerprint density at radius 2 is 1.87 bits per heavy atom. The van der Waals surface area contributed by atoms with Crippen LogP contribution in [0.25, 0.3) is 0 Å². The summed E-state index contributed by atoms with van der Waals surface area (Å²) < 4.78 is 6.35. The molecule has 1 saturated heterocycles. The first-order valence-electron chi connectivity index (χ1n) is 10.3. The topological polar surface area (TPSA) is 70.7 Å². The highest BCUT2D eigenvalue weighted by Crippen LogP contribution is 2.21. The fourth-order valence-corrected chi connectivity index (χ4v) is 4.33. The van der Waals surface area contributed by atoms with Gasteiger partial charge in [-0.05, 0) is 43.9 Å². The molecule has 1 aromatic carbocycles. The van der Waals surface area contributed by atoms with E-state index in [-0.39, 0.29) is 18.0 Å². The largest absolute Gasteiger partial charge is 0.430 e. The van der Waals surface area contributed by atoms with Crippen molar-refractivity contribution < 1.29 is 14.3 Å². The maximum absolute atomic E-state index is 12.6. The molecule has 162 valence electrons. The summed E-state index contributed by atoms with van der Waals surface area (Å²) in [5.41, 5.74) is 1.10. The van der Waals surface area contributed by atoms with E-state index in [1.165, 1.54) is 11.3 Å². The van der Waals surface area contributed by atoms with E-state index in [0.717, 1.165) is 37.9 Å². The molecule has 6 nitrogen and oxygen atoms in total. The first kappa shape index (κ1) is 22.6. The Balaban J connectivity index is 1.58. The van der Waals surface area contributed by atoms with Gasteiger partial charge < -0.3 is 15.0 Å². The van der Waals surface area contributed by atoms with Gasteiger partial charge in [-0.2, -0.15) is 0 Å². The predicted molar refractivity (Wildman–Crippen MR) is 120 cm³/mol. The van der Waals surface area contributed by atoms with Gasteiger partial charge in [0.15, 0.2) is 6.23 Å². The summed E-state index contributed by atoms with van der Waals surface area (Å²) in [4.78, 5) is 27.3. The lowest BCUT2D eigenvalue weighted by Crippen LogP contribution is -2.45. The Hall–Kier alpha value is -2.09. The number of piperidine rings is 1. The highest BCUT2D eigenvalue weighted by atomic mass is 35.5. The number of ether oxygens (including phenoxy) is 1. The van der Waals surface area contributed by atoms with Crippen LogP contribution >= 0.6 is 22.9 Å². The third kappa shape index (κ3) is 7.00. The average molecular weight is 450 g/mol. The van der Waals surface area contributed by atoms with Crippen LogP contribution in [0.15, 0.2) is 42.5 Å². The third-order valence-corrected chi connectivity index (χ3v) is 6.21. The van der Waals surface area contributed by atoms with Crippen molar-refractivity contribution >= 4 is 34.9 Å². The first-order chi connectivity index (χ1) is 14.5. The molecule has 2 N–H and O–H groups in total. The van der Waals surface area contributed by atoms with Gasteiger partial charge in [0, 0.05) is 32.1 Å². The smallest absolute Gasteiger partial charge is 0.411 e. The van der Waals surface area contributed by atoms with Crippen LogP contribution in [0, 0.1) is 0 Å². The number of amides is 2. The lowest BCUT2D eigenvalue weighted by Gasteiger charge is -2.29. The molecule has 8 heteroatoms. The molecule has 1 aliphatic rings. The molecule has 30 heavy (non-hydrogen) atoms. The summed E-state index contributed by atoms with van der Waals surface area (Å²) in [5.74, 6) is -0.177. The zero-order chi connectivity index (χ0) is 21.3. The van der Waals surface area contributed by atoms with Gasteiger partial charge in [0.05, 0.1) is 9.21 Å². The zero-order valence-electron chi connectivity index (χ0n) is 17.1. The van der Waals surface area contributed by atoms with E-state index in [1.54, 1.807) is 17.0 Å². The monoisotopic (exact) mass is 449 g/mol. The fourth-order valence-electron chi connectivity index (χ4n) is 3.38. The Morgan fingerprint density at radius 1 is 1.13 bits per heavy atom. The molecular formula is C22H28ClN3O3S. The predicted octanol–water partition coefficient (Wildman–Crippen LogP) is 4.65. The highest BCUT2D eigenvalue weighted by molar-refractivity contribution is 7.18. The Labute approximate surface area is 186 Å². The van der Waals surface area contributed by atoms with Crippen molar-refractivity contribution in [3.05, 3.63) is 57.2 Å². The molecule has 0 spiro atoms. The maximum Gasteiger partial charge on any atom is 0.411 e. The Bertz CT molecular complexity index is 824. The molecule has 1 aliphatic heterocycles. The number of hydrogen-bond acceptors (Lipinski definition) is 5. The Morgan fingerprint density at radius 3 is 2.53 bits per heavy atom. The van der Waals surface area contributed by atoms with Crippen LogP contribution < -0.4 is 10.6 Å². The van der Waals surface area contributed by atoms with E-state index < -0.39 is 6.23 Å². The zero-order valence-corrected chi connectivity index (χ0v) is 18.7. The summed E-state index contributed by atoms with van der Waals surface area (Å²) in [6.45, 7) is 3.93. The molecule has 1 unspecified atom stereocenters. The molecule has 0 aliphatic carbocycles. The molecule has 2 aromatic rings. The number of carbonyl (C=O) groups excluding carboxylic acids is 2. The quantitative estimate of drug-likeness (QED) is 0.575. The van der Waals surface area contributed by atoms with E-state index in [4.69, 9.17) is 16.3 Å². The van der Waals surface area contributed by atoms with Crippen molar-refractivity contribution in [3.63, 3.8) is 0 Å². The van der Waals surface area contributed by atoms with Crippen LogP contribution in [0.4, 0.5) is 4.79 Å². The molecular weight excluding hydrogens is 422 g/mol. The summed E-state index contributed by atoms with van der Waals surface area (Å²) in [6.07, 6.45) is 2.80. The normalized spacial score (nSPS) is 16.0. The molecule has 0 bridgehead atoms. The molecule has 1 fully saturated rings. The molecule has 2 heterocycles. The van der Waals surface area contributed by atoms with Crippen LogP contribution in [0.2, 0.25) is 4.34 Å². The lowest BCUT2D eigenvalue weighted by atomic mass is 10.1. The van der Waals surface area contributed by atoms with E-state index in [1.807, 2.05) is 37.3 Å². The fraction of sp³-hybridized carbons (Fsp3) is 0.455. The van der Waals surface area contributed by atoms with E-state index >= 15 is 0 Å². The standard InChI is InChI=1S/C22H28ClN3O3S/c1-16(25-21(27)18-10-11-19(23)30-18)14-20(24-15-17-8-4-2-5-9-17)29-22(28)26-12-6-3-7-13-26/h2,4-5,8-11,16,20,24H,3,6-7,12-15H2,1H3,(H,25,27)/t16-,20?/m0/s1. The summed E-state index contributed by atoms with van der Waals surface area (Å²) >= 11 is 7.16. The summed E-state index contributed by atoms with van der Waals surface area (Å²) in [6, 6.07) is 13.2. The second kappa shape index (κ2) is 11.3. The minimum Gasteiger partial charge on any atom is -0.430 e. The number of thiophene rings is 1. The van der Waals surface area contributed by atoms with Gasteiger partial charge in [-0.3, -0.25) is 10.1 Å². The van der Waals surface area contributed by atoms with Crippen LogP contribution in [0.3, 0.4) is 0 Å². The van der Waals surface area contributed by atoms with Gasteiger partial charge in [0.25, 0.3) is 5.91 Å². The van der Waals surface area contributed by atoms with Gasteiger partial charge in [-0.25, -0.2) is 4.79 Å².